The average molecular weight is 479 g/mol. The van der Waals surface area contributed by atoms with E-state index in [1.807, 2.05) is 30.0 Å². The summed E-state index contributed by atoms with van der Waals surface area (Å²) in [4.78, 5) is 14.0. The van der Waals surface area contributed by atoms with Gasteiger partial charge >= 0.3 is 0 Å². The lowest BCUT2D eigenvalue weighted by atomic mass is 9.99. The minimum atomic E-state index is 0.0833. The maximum absolute atomic E-state index is 12.7. The second-order valence-electron chi connectivity index (χ2n) is 9.40. The van der Waals surface area contributed by atoms with Gasteiger partial charge in [0, 0.05) is 10.5 Å². The predicted octanol–water partition coefficient (Wildman–Crippen LogP) is 10.1. The molecule has 186 valence electrons. The third-order valence-electron chi connectivity index (χ3n) is 6.48. The average Bonchev–Trinajstić information content (AvgIpc) is 2.88. The van der Waals surface area contributed by atoms with E-state index in [1.165, 1.54) is 92.4 Å². The molecule has 2 aromatic carbocycles. The topological polar surface area (TPSA) is 17.1 Å². The van der Waals surface area contributed by atoms with Crippen LogP contribution in [-0.2, 0) is 12.8 Å². The van der Waals surface area contributed by atoms with Gasteiger partial charge in [0.05, 0.1) is 0 Å². The van der Waals surface area contributed by atoms with Crippen LogP contribution in [0.3, 0.4) is 0 Å². The maximum atomic E-state index is 12.7. The van der Waals surface area contributed by atoms with Crippen molar-refractivity contribution in [3.8, 4) is 0 Å². The SMILES string of the molecule is CCCCCCCCCCCCCSc1ccc(/C=C/C(=O)c2cc(CC)cc(CC)c2)cc1. The van der Waals surface area contributed by atoms with Crippen molar-refractivity contribution in [2.75, 3.05) is 5.75 Å². The highest BCUT2D eigenvalue weighted by molar-refractivity contribution is 7.99. The van der Waals surface area contributed by atoms with Gasteiger partial charge in [0.2, 0.25) is 0 Å². The summed E-state index contributed by atoms with van der Waals surface area (Å²) in [5.41, 5.74) is 4.34. The fourth-order valence-corrected chi connectivity index (χ4v) is 5.13. The molecule has 1 nitrogen and oxygen atoms in total. The molecule has 0 aliphatic heterocycles. The Morgan fingerprint density at radius 1 is 0.706 bits per heavy atom. The number of rotatable bonds is 18. The molecule has 0 N–H and O–H groups in total. The Hall–Kier alpha value is -1.80. The lowest BCUT2D eigenvalue weighted by molar-refractivity contribution is 0.104. The first-order chi connectivity index (χ1) is 16.7. The van der Waals surface area contributed by atoms with Crippen LogP contribution in [0.25, 0.3) is 6.08 Å². The molecule has 0 atom stereocenters. The fraction of sp³-hybridized carbons (Fsp3) is 0.531. The highest BCUT2D eigenvalue weighted by Gasteiger charge is 2.05. The summed E-state index contributed by atoms with van der Waals surface area (Å²) in [7, 11) is 0. The van der Waals surface area contributed by atoms with Crippen molar-refractivity contribution in [3.63, 3.8) is 0 Å². The summed E-state index contributed by atoms with van der Waals surface area (Å²) >= 11 is 1.95. The van der Waals surface area contributed by atoms with E-state index < -0.39 is 0 Å². The van der Waals surface area contributed by atoms with Crippen molar-refractivity contribution >= 4 is 23.6 Å². The number of carbonyl (C=O) groups excluding carboxylic acids is 1. The molecule has 0 unspecified atom stereocenters. The van der Waals surface area contributed by atoms with Crippen molar-refractivity contribution in [3.05, 3.63) is 70.8 Å². The largest absolute Gasteiger partial charge is 0.289 e. The zero-order chi connectivity index (χ0) is 24.4. The third-order valence-corrected chi connectivity index (χ3v) is 7.58. The molecule has 0 aliphatic rings. The summed E-state index contributed by atoms with van der Waals surface area (Å²) < 4.78 is 0. The maximum Gasteiger partial charge on any atom is 0.185 e. The molecule has 0 amide bonds. The van der Waals surface area contributed by atoms with E-state index in [0.29, 0.717) is 0 Å². The van der Waals surface area contributed by atoms with Crippen LogP contribution in [0, 0.1) is 0 Å². The van der Waals surface area contributed by atoms with Crippen molar-refractivity contribution < 1.29 is 4.79 Å². The van der Waals surface area contributed by atoms with Gasteiger partial charge in [0.1, 0.15) is 0 Å². The van der Waals surface area contributed by atoms with Gasteiger partial charge in [-0.25, -0.2) is 0 Å². The second kappa shape index (κ2) is 17.6. The number of thioether (sulfide) groups is 1. The minimum absolute atomic E-state index is 0.0833. The van der Waals surface area contributed by atoms with Crippen LogP contribution in [0.1, 0.15) is 118 Å². The molecule has 0 fully saturated rings. The number of ketones is 1. The number of aryl methyl sites for hydroxylation is 2. The zero-order valence-corrected chi connectivity index (χ0v) is 22.7. The Morgan fingerprint density at radius 2 is 1.24 bits per heavy atom. The molecule has 0 spiro atoms. The molecule has 0 aromatic heterocycles. The number of unbranched alkanes of at least 4 members (excludes halogenated alkanes) is 10. The Bertz CT molecular complexity index is 828. The Labute approximate surface area is 213 Å². The highest BCUT2D eigenvalue weighted by Crippen LogP contribution is 2.21. The highest BCUT2D eigenvalue weighted by atomic mass is 32.2. The van der Waals surface area contributed by atoms with Crippen LogP contribution >= 0.6 is 11.8 Å². The molecule has 2 aromatic rings. The van der Waals surface area contributed by atoms with E-state index in [9.17, 15) is 4.79 Å². The number of allylic oxidation sites excluding steroid dienone is 1. The summed E-state index contributed by atoms with van der Waals surface area (Å²) in [6.07, 6.45) is 20.9. The van der Waals surface area contributed by atoms with E-state index in [-0.39, 0.29) is 5.78 Å². The van der Waals surface area contributed by atoms with Crippen molar-refractivity contribution in [1.82, 2.24) is 0 Å². The van der Waals surface area contributed by atoms with Gasteiger partial charge in [-0.15, -0.1) is 11.8 Å². The van der Waals surface area contributed by atoms with Crippen LogP contribution in [0.4, 0.5) is 0 Å². The predicted molar refractivity (Wildman–Crippen MR) is 152 cm³/mol. The van der Waals surface area contributed by atoms with Crippen LogP contribution in [0.5, 0.6) is 0 Å². The van der Waals surface area contributed by atoms with Gasteiger partial charge in [-0.2, -0.15) is 0 Å². The van der Waals surface area contributed by atoms with Crippen LogP contribution in [0.2, 0.25) is 0 Å². The molecule has 0 heterocycles. The van der Waals surface area contributed by atoms with Crippen LogP contribution in [-0.4, -0.2) is 11.5 Å². The summed E-state index contributed by atoms with van der Waals surface area (Å²) in [6, 6.07) is 14.9. The first-order valence-corrected chi connectivity index (χ1v) is 14.7. The number of hydrogen-bond acceptors (Lipinski definition) is 2. The molecule has 0 saturated heterocycles. The monoisotopic (exact) mass is 478 g/mol. The summed E-state index contributed by atoms with van der Waals surface area (Å²) in [5, 5.41) is 0. The first kappa shape index (κ1) is 28.4. The van der Waals surface area contributed by atoms with Crippen molar-refractivity contribution in [2.24, 2.45) is 0 Å². The van der Waals surface area contributed by atoms with Crippen molar-refractivity contribution in [1.29, 1.82) is 0 Å². The molecular weight excluding hydrogens is 432 g/mol. The molecule has 2 rings (SSSR count). The number of hydrogen-bond donors (Lipinski definition) is 0. The molecule has 0 bridgehead atoms. The zero-order valence-electron chi connectivity index (χ0n) is 21.9. The standard InChI is InChI=1S/C32H46OS/c1-4-7-8-9-10-11-12-13-14-15-16-23-34-31-20-17-29(18-21-31)19-22-32(33)30-25-27(5-2)24-28(6-3)26-30/h17-22,24-26H,4-16,23H2,1-3H3/b22-19+. The summed E-state index contributed by atoms with van der Waals surface area (Å²) in [5.74, 6) is 1.28. The number of carbonyl (C=O) groups is 1. The molecule has 34 heavy (non-hydrogen) atoms. The van der Waals surface area contributed by atoms with Crippen molar-refractivity contribution in [2.45, 2.75) is 109 Å². The first-order valence-electron chi connectivity index (χ1n) is 13.7. The normalized spacial score (nSPS) is 11.4. The molecule has 0 radical (unpaired) electrons. The van der Waals surface area contributed by atoms with E-state index >= 15 is 0 Å². The smallest absolute Gasteiger partial charge is 0.185 e. The van der Waals surface area contributed by atoms with Crippen LogP contribution < -0.4 is 0 Å². The Morgan fingerprint density at radius 3 is 1.76 bits per heavy atom. The quantitative estimate of drug-likeness (QED) is 0.0917. The van der Waals surface area contributed by atoms with Crippen LogP contribution in [0.15, 0.2) is 53.4 Å². The lowest BCUT2D eigenvalue weighted by Gasteiger charge is -2.05. The number of benzene rings is 2. The lowest BCUT2D eigenvalue weighted by Crippen LogP contribution is -1.98. The van der Waals surface area contributed by atoms with E-state index in [2.05, 4.69) is 51.1 Å². The van der Waals surface area contributed by atoms with Gasteiger partial charge in [-0.3, -0.25) is 4.79 Å². The van der Waals surface area contributed by atoms with Gasteiger partial charge in [0.15, 0.2) is 5.78 Å². The second-order valence-corrected chi connectivity index (χ2v) is 10.6. The molecule has 0 saturated carbocycles. The van der Waals surface area contributed by atoms with Gasteiger partial charge in [-0.05, 0) is 72.0 Å². The van der Waals surface area contributed by atoms with Gasteiger partial charge < -0.3 is 0 Å². The third kappa shape index (κ3) is 11.6. The van der Waals surface area contributed by atoms with Gasteiger partial charge in [-0.1, -0.05) is 109 Å². The Balaban J connectivity index is 1.64. The molecular formula is C32H46OS. The molecule has 0 aliphatic carbocycles. The van der Waals surface area contributed by atoms with E-state index in [4.69, 9.17) is 0 Å². The van der Waals surface area contributed by atoms with E-state index in [0.717, 1.165) is 24.0 Å². The van der Waals surface area contributed by atoms with Gasteiger partial charge in [0.25, 0.3) is 0 Å². The summed E-state index contributed by atoms with van der Waals surface area (Å²) in [6.45, 7) is 6.55. The fourth-order valence-electron chi connectivity index (χ4n) is 4.21. The minimum Gasteiger partial charge on any atom is -0.289 e. The molecule has 2 heteroatoms. The Kier molecular flexibility index (Phi) is 14.7. The van der Waals surface area contributed by atoms with E-state index in [1.54, 1.807) is 6.08 Å².